The van der Waals surface area contributed by atoms with Crippen LogP contribution in [0.25, 0.3) is 0 Å². The Bertz CT molecular complexity index is 550. The van der Waals surface area contributed by atoms with E-state index in [1.54, 1.807) is 11.3 Å². The molecular weight excluding hydrogens is 254 g/mol. The molecule has 1 unspecified atom stereocenters. The molecule has 2 nitrogen and oxygen atoms in total. The van der Waals surface area contributed by atoms with Crippen LogP contribution in [0.4, 0.5) is 0 Å². The van der Waals surface area contributed by atoms with E-state index in [0.29, 0.717) is 12.1 Å². The van der Waals surface area contributed by atoms with Crippen molar-refractivity contribution < 1.29 is 4.74 Å². The van der Waals surface area contributed by atoms with Crippen LogP contribution in [0.2, 0.25) is 0 Å². The highest BCUT2D eigenvalue weighted by Crippen LogP contribution is 2.29. The zero-order chi connectivity index (χ0) is 13.2. The van der Waals surface area contributed by atoms with Crippen LogP contribution in [0.15, 0.2) is 35.7 Å². The molecule has 1 N–H and O–H groups in total. The minimum atomic E-state index is 0.350. The minimum Gasteiger partial charge on any atom is -0.493 e. The molecule has 1 aliphatic rings. The van der Waals surface area contributed by atoms with Crippen molar-refractivity contribution in [2.24, 2.45) is 0 Å². The van der Waals surface area contributed by atoms with Gasteiger partial charge in [0.1, 0.15) is 5.75 Å². The first-order valence-electron chi connectivity index (χ1n) is 6.79. The number of rotatable bonds is 4. The summed E-state index contributed by atoms with van der Waals surface area (Å²) < 4.78 is 5.55. The smallest absolute Gasteiger partial charge is 0.122 e. The molecule has 19 heavy (non-hydrogen) atoms. The van der Waals surface area contributed by atoms with Crippen LogP contribution in [0, 0.1) is 0 Å². The number of thiophene rings is 1. The maximum absolute atomic E-state index is 5.55. The van der Waals surface area contributed by atoms with Gasteiger partial charge in [0.25, 0.3) is 0 Å². The second kappa shape index (κ2) is 5.35. The molecule has 0 aliphatic carbocycles. The van der Waals surface area contributed by atoms with E-state index < -0.39 is 0 Å². The van der Waals surface area contributed by atoms with E-state index in [4.69, 9.17) is 4.74 Å². The number of ether oxygens (including phenoxy) is 1. The van der Waals surface area contributed by atoms with Crippen molar-refractivity contribution in [3.8, 4) is 5.75 Å². The van der Waals surface area contributed by atoms with Crippen LogP contribution in [0.1, 0.15) is 41.9 Å². The third-order valence-corrected chi connectivity index (χ3v) is 4.74. The maximum atomic E-state index is 5.55. The van der Waals surface area contributed by atoms with Crippen LogP contribution in [0.5, 0.6) is 5.75 Å². The Morgan fingerprint density at radius 3 is 2.89 bits per heavy atom. The van der Waals surface area contributed by atoms with Gasteiger partial charge in [-0.1, -0.05) is 18.2 Å². The van der Waals surface area contributed by atoms with E-state index in [1.165, 1.54) is 16.0 Å². The van der Waals surface area contributed by atoms with Crippen molar-refractivity contribution in [2.45, 2.75) is 32.4 Å². The van der Waals surface area contributed by atoms with Gasteiger partial charge in [-0.15, -0.1) is 11.3 Å². The van der Waals surface area contributed by atoms with Crippen molar-refractivity contribution in [1.29, 1.82) is 0 Å². The summed E-state index contributed by atoms with van der Waals surface area (Å²) in [6.07, 6.45) is 1.04. The Kier molecular flexibility index (Phi) is 3.58. The number of nitrogens with one attached hydrogen (secondary N) is 1. The van der Waals surface area contributed by atoms with E-state index in [2.05, 4.69) is 54.9 Å². The SMILES string of the molecule is CC(N[C@@H](C)c1cccs1)c1ccc2c(c1)CCO2. The quantitative estimate of drug-likeness (QED) is 0.905. The lowest BCUT2D eigenvalue weighted by Crippen LogP contribution is -2.21. The van der Waals surface area contributed by atoms with Gasteiger partial charge in [0.05, 0.1) is 6.61 Å². The van der Waals surface area contributed by atoms with Crippen molar-refractivity contribution >= 4 is 11.3 Å². The third-order valence-electron chi connectivity index (χ3n) is 3.68. The lowest BCUT2D eigenvalue weighted by atomic mass is 10.0. The topological polar surface area (TPSA) is 21.3 Å². The average molecular weight is 273 g/mol. The van der Waals surface area contributed by atoms with Crippen LogP contribution >= 0.6 is 11.3 Å². The zero-order valence-corrected chi connectivity index (χ0v) is 12.2. The predicted molar refractivity (Wildman–Crippen MR) is 79.9 cm³/mol. The largest absolute Gasteiger partial charge is 0.493 e. The standard InChI is InChI=1S/C16H19NOS/c1-11(17-12(2)16-4-3-9-19-16)13-5-6-15-14(10-13)7-8-18-15/h3-6,9-12,17H,7-8H2,1-2H3/t11?,12-/m0/s1. The maximum Gasteiger partial charge on any atom is 0.122 e. The van der Waals surface area contributed by atoms with Gasteiger partial charge in [-0.25, -0.2) is 0 Å². The Hall–Kier alpha value is -1.32. The van der Waals surface area contributed by atoms with Gasteiger partial charge in [0.2, 0.25) is 0 Å². The molecule has 2 atom stereocenters. The van der Waals surface area contributed by atoms with Crippen LogP contribution in [-0.2, 0) is 6.42 Å². The Balaban J connectivity index is 1.72. The molecule has 100 valence electrons. The van der Waals surface area contributed by atoms with Crippen molar-refractivity contribution in [1.82, 2.24) is 5.32 Å². The molecular formula is C16H19NOS. The summed E-state index contributed by atoms with van der Waals surface area (Å²) in [5.74, 6) is 1.06. The first-order valence-corrected chi connectivity index (χ1v) is 7.67. The molecule has 0 bridgehead atoms. The molecule has 2 heterocycles. The van der Waals surface area contributed by atoms with Gasteiger partial charge in [0, 0.05) is 23.4 Å². The second-order valence-corrected chi connectivity index (χ2v) is 6.07. The molecule has 1 aromatic carbocycles. The summed E-state index contributed by atoms with van der Waals surface area (Å²) in [6, 6.07) is 11.6. The highest BCUT2D eigenvalue weighted by molar-refractivity contribution is 7.10. The fraction of sp³-hybridized carbons (Fsp3) is 0.375. The molecule has 0 radical (unpaired) electrons. The lowest BCUT2D eigenvalue weighted by Gasteiger charge is -2.20. The number of benzene rings is 1. The van der Waals surface area contributed by atoms with Gasteiger partial charge in [0.15, 0.2) is 0 Å². The van der Waals surface area contributed by atoms with Crippen molar-refractivity contribution in [3.63, 3.8) is 0 Å². The fourth-order valence-corrected chi connectivity index (χ4v) is 3.31. The van der Waals surface area contributed by atoms with Crippen molar-refractivity contribution in [3.05, 3.63) is 51.7 Å². The van der Waals surface area contributed by atoms with E-state index in [0.717, 1.165) is 18.8 Å². The van der Waals surface area contributed by atoms with Crippen LogP contribution < -0.4 is 10.1 Å². The van der Waals surface area contributed by atoms with Gasteiger partial charge >= 0.3 is 0 Å². The summed E-state index contributed by atoms with van der Waals surface area (Å²) in [4.78, 5) is 1.39. The summed E-state index contributed by atoms with van der Waals surface area (Å²) in [5, 5.41) is 5.79. The molecule has 0 saturated heterocycles. The summed E-state index contributed by atoms with van der Waals surface area (Å²) >= 11 is 1.81. The molecule has 0 fully saturated rings. The van der Waals surface area contributed by atoms with Crippen LogP contribution in [0.3, 0.4) is 0 Å². The molecule has 0 amide bonds. The molecule has 0 saturated carbocycles. The Morgan fingerprint density at radius 1 is 1.21 bits per heavy atom. The van der Waals surface area contributed by atoms with Gasteiger partial charge in [-0.2, -0.15) is 0 Å². The van der Waals surface area contributed by atoms with E-state index in [1.807, 2.05) is 0 Å². The number of fused-ring (bicyclic) bond motifs is 1. The van der Waals surface area contributed by atoms with Crippen LogP contribution in [-0.4, -0.2) is 6.61 Å². The van der Waals surface area contributed by atoms with Gasteiger partial charge < -0.3 is 10.1 Å². The predicted octanol–water partition coefficient (Wildman–Crippen LogP) is 4.09. The molecule has 1 aliphatic heterocycles. The zero-order valence-electron chi connectivity index (χ0n) is 11.3. The van der Waals surface area contributed by atoms with E-state index >= 15 is 0 Å². The summed E-state index contributed by atoms with van der Waals surface area (Å²) in [6.45, 7) is 5.27. The number of hydrogen-bond acceptors (Lipinski definition) is 3. The summed E-state index contributed by atoms with van der Waals surface area (Å²) in [7, 11) is 0. The number of hydrogen-bond donors (Lipinski definition) is 1. The lowest BCUT2D eigenvalue weighted by molar-refractivity contribution is 0.356. The minimum absolute atomic E-state index is 0.350. The highest BCUT2D eigenvalue weighted by Gasteiger charge is 2.16. The summed E-state index contributed by atoms with van der Waals surface area (Å²) in [5.41, 5.74) is 2.68. The molecule has 1 aromatic heterocycles. The van der Waals surface area contributed by atoms with Crippen molar-refractivity contribution in [2.75, 3.05) is 6.61 Å². The average Bonchev–Trinajstić information content (AvgIpc) is 3.09. The van der Waals surface area contributed by atoms with Gasteiger partial charge in [-0.3, -0.25) is 0 Å². The Morgan fingerprint density at radius 2 is 2.11 bits per heavy atom. The fourth-order valence-electron chi connectivity index (χ4n) is 2.57. The van der Waals surface area contributed by atoms with E-state index in [9.17, 15) is 0 Å². The highest BCUT2D eigenvalue weighted by atomic mass is 32.1. The normalized spacial score (nSPS) is 16.7. The Labute approximate surface area is 118 Å². The third kappa shape index (κ3) is 2.67. The van der Waals surface area contributed by atoms with E-state index in [-0.39, 0.29) is 0 Å². The van der Waals surface area contributed by atoms with Gasteiger partial charge in [-0.05, 0) is 42.5 Å². The second-order valence-electron chi connectivity index (χ2n) is 5.09. The molecule has 2 aromatic rings. The first kappa shape index (κ1) is 12.7. The monoisotopic (exact) mass is 273 g/mol. The molecule has 3 rings (SSSR count). The first-order chi connectivity index (χ1) is 9.24. The molecule has 0 spiro atoms. The molecule has 3 heteroatoms.